The smallest absolute Gasteiger partial charge is 0.170 e. The Kier molecular flexibility index (Phi) is 5.35. The van der Waals surface area contributed by atoms with Crippen molar-refractivity contribution in [3.8, 4) is 0 Å². The van der Waals surface area contributed by atoms with Gasteiger partial charge in [-0.05, 0) is 12.8 Å². The summed E-state index contributed by atoms with van der Waals surface area (Å²) >= 11 is 0. The molecule has 106 valence electrons. The van der Waals surface area contributed by atoms with Crippen LogP contribution < -0.4 is 20.6 Å². The average Bonchev–Trinajstić information content (AvgIpc) is 2.46. The van der Waals surface area contributed by atoms with Crippen molar-refractivity contribution < 1.29 is 9.13 Å². The molecule has 0 radical (unpaired) electrons. The molecule has 0 spiro atoms. The van der Waals surface area contributed by atoms with Gasteiger partial charge in [0.2, 0.25) is 0 Å². The molecule has 4 heteroatoms. The van der Waals surface area contributed by atoms with Gasteiger partial charge in [0.25, 0.3) is 0 Å². The van der Waals surface area contributed by atoms with Crippen LogP contribution in [0.15, 0.2) is 49.1 Å². The number of rotatable bonds is 7. The second-order valence-corrected chi connectivity index (χ2v) is 5.15. The maximum absolute atomic E-state index is 5.66. The lowest BCUT2D eigenvalue weighted by atomic mass is 10.2. The topological polar surface area (TPSA) is 59.8 Å². The minimum Gasteiger partial charge on any atom is -0.398 e. The van der Waals surface area contributed by atoms with Gasteiger partial charge in [0.05, 0.1) is 0 Å². The van der Waals surface area contributed by atoms with Crippen LogP contribution in [0.3, 0.4) is 0 Å². The molecule has 0 fully saturated rings. The Morgan fingerprint density at radius 2 is 0.950 bits per heavy atom. The zero-order valence-electron chi connectivity index (χ0n) is 11.9. The number of anilines is 2. The van der Waals surface area contributed by atoms with Crippen LogP contribution in [0, 0.1) is 0 Å². The van der Waals surface area contributed by atoms with E-state index in [1.54, 1.807) is 0 Å². The van der Waals surface area contributed by atoms with E-state index in [1.165, 1.54) is 25.7 Å². The van der Waals surface area contributed by atoms with Crippen LogP contribution in [-0.2, 0) is 13.1 Å². The molecular weight excluding hydrogens is 248 g/mol. The molecule has 2 aromatic heterocycles. The fraction of sp³-hybridized carbons (Fsp3) is 0.375. The minimum atomic E-state index is 0.821. The van der Waals surface area contributed by atoms with Crippen LogP contribution in [0.5, 0.6) is 0 Å². The van der Waals surface area contributed by atoms with E-state index < -0.39 is 0 Å². The van der Waals surface area contributed by atoms with Gasteiger partial charge in [0.15, 0.2) is 24.8 Å². The molecule has 2 heterocycles. The van der Waals surface area contributed by atoms with Gasteiger partial charge in [-0.25, -0.2) is 9.13 Å². The molecule has 0 saturated heterocycles. The number of hydrogen-bond donors (Lipinski definition) is 2. The van der Waals surface area contributed by atoms with E-state index in [-0.39, 0.29) is 0 Å². The molecule has 4 N–H and O–H groups in total. The van der Waals surface area contributed by atoms with Crippen molar-refractivity contribution in [1.29, 1.82) is 0 Å². The zero-order chi connectivity index (χ0) is 14.2. The Hall–Kier alpha value is -2.10. The first-order valence-electron chi connectivity index (χ1n) is 7.23. The maximum atomic E-state index is 5.66. The standard InChI is InChI=1S/C16H22N4/c17-15-5-11-19(12-6-15)9-3-1-2-4-10-20-13-7-16(18)8-14-20/h5-8,11-14,17-18H,1-4,9-10H2/p+2. The molecule has 0 aromatic carbocycles. The highest BCUT2D eigenvalue weighted by molar-refractivity contribution is 5.32. The van der Waals surface area contributed by atoms with Crippen molar-refractivity contribution >= 4 is 11.4 Å². The molecule has 0 aliphatic heterocycles. The number of nitrogen functional groups attached to an aromatic ring is 2. The molecular formula is C16H24N4+2. The SMILES string of the molecule is Nc1cc[n+](CCCCCC[n+]2ccc(N)cc2)cc1. The molecule has 0 saturated carbocycles. The third kappa shape index (κ3) is 4.88. The fourth-order valence-corrected chi connectivity index (χ4v) is 2.18. The number of unbranched alkanes of at least 4 members (excludes halogenated alkanes) is 3. The Bertz CT molecular complexity index is 456. The van der Waals surface area contributed by atoms with Gasteiger partial charge in [-0.3, -0.25) is 0 Å². The first kappa shape index (κ1) is 14.3. The number of pyridine rings is 2. The van der Waals surface area contributed by atoms with Gasteiger partial charge in [-0.2, -0.15) is 0 Å². The van der Waals surface area contributed by atoms with E-state index in [0.717, 1.165) is 24.5 Å². The largest absolute Gasteiger partial charge is 0.398 e. The molecule has 0 aliphatic rings. The van der Waals surface area contributed by atoms with Crippen LogP contribution in [0.4, 0.5) is 11.4 Å². The van der Waals surface area contributed by atoms with E-state index in [9.17, 15) is 0 Å². The van der Waals surface area contributed by atoms with Crippen molar-refractivity contribution in [2.45, 2.75) is 38.8 Å². The normalized spacial score (nSPS) is 10.6. The van der Waals surface area contributed by atoms with Gasteiger partial charge in [0.1, 0.15) is 13.1 Å². The molecule has 4 nitrogen and oxygen atoms in total. The minimum absolute atomic E-state index is 0.821. The number of hydrogen-bond acceptors (Lipinski definition) is 2. The predicted octanol–water partition coefficient (Wildman–Crippen LogP) is 1.69. The maximum Gasteiger partial charge on any atom is 0.170 e. The van der Waals surface area contributed by atoms with Gasteiger partial charge < -0.3 is 11.5 Å². The van der Waals surface area contributed by atoms with Gasteiger partial charge in [-0.15, -0.1) is 0 Å². The predicted molar refractivity (Wildman–Crippen MR) is 80.6 cm³/mol. The van der Waals surface area contributed by atoms with Crippen LogP contribution in [0.25, 0.3) is 0 Å². The van der Waals surface area contributed by atoms with E-state index in [0.29, 0.717) is 0 Å². The van der Waals surface area contributed by atoms with Gasteiger partial charge in [0, 0.05) is 48.5 Å². The van der Waals surface area contributed by atoms with Crippen molar-refractivity contribution in [3.63, 3.8) is 0 Å². The number of aromatic nitrogens is 2. The summed E-state index contributed by atoms with van der Waals surface area (Å²) in [7, 11) is 0. The summed E-state index contributed by atoms with van der Waals surface area (Å²) in [6, 6.07) is 7.77. The van der Waals surface area contributed by atoms with E-state index in [1.807, 2.05) is 49.1 Å². The highest BCUT2D eigenvalue weighted by Crippen LogP contribution is 2.01. The molecule has 0 atom stereocenters. The lowest BCUT2D eigenvalue weighted by Crippen LogP contribution is -2.33. The van der Waals surface area contributed by atoms with Gasteiger partial charge in [-0.1, -0.05) is 0 Å². The van der Waals surface area contributed by atoms with Crippen LogP contribution in [0.1, 0.15) is 25.7 Å². The lowest BCUT2D eigenvalue weighted by Gasteiger charge is -1.99. The van der Waals surface area contributed by atoms with E-state index in [2.05, 4.69) is 9.13 Å². The van der Waals surface area contributed by atoms with Crippen LogP contribution >= 0.6 is 0 Å². The summed E-state index contributed by atoms with van der Waals surface area (Å²) in [5.41, 5.74) is 13.0. The lowest BCUT2D eigenvalue weighted by molar-refractivity contribution is -0.698. The molecule has 0 unspecified atom stereocenters. The molecule has 0 aliphatic carbocycles. The Balaban J connectivity index is 1.57. The monoisotopic (exact) mass is 272 g/mol. The molecule has 2 rings (SSSR count). The average molecular weight is 272 g/mol. The first-order valence-corrected chi connectivity index (χ1v) is 7.23. The zero-order valence-corrected chi connectivity index (χ0v) is 11.9. The number of nitrogens with zero attached hydrogens (tertiary/aromatic N) is 2. The summed E-state index contributed by atoms with van der Waals surface area (Å²) in [5.74, 6) is 0. The Labute approximate surface area is 120 Å². The molecule has 0 bridgehead atoms. The summed E-state index contributed by atoms with van der Waals surface area (Å²) < 4.78 is 4.37. The van der Waals surface area contributed by atoms with Crippen molar-refractivity contribution in [1.82, 2.24) is 0 Å². The third-order valence-electron chi connectivity index (χ3n) is 3.42. The summed E-state index contributed by atoms with van der Waals surface area (Å²) in [6.07, 6.45) is 13.1. The van der Waals surface area contributed by atoms with Crippen LogP contribution in [0.2, 0.25) is 0 Å². The fourth-order valence-electron chi connectivity index (χ4n) is 2.18. The van der Waals surface area contributed by atoms with E-state index in [4.69, 9.17) is 11.5 Å². The summed E-state index contributed by atoms with van der Waals surface area (Å²) in [5, 5.41) is 0. The molecule has 0 amide bonds. The molecule has 2 aromatic rings. The third-order valence-corrected chi connectivity index (χ3v) is 3.42. The van der Waals surface area contributed by atoms with Crippen molar-refractivity contribution in [2.24, 2.45) is 0 Å². The number of aryl methyl sites for hydroxylation is 2. The second kappa shape index (κ2) is 7.48. The Morgan fingerprint density at radius 3 is 1.30 bits per heavy atom. The summed E-state index contributed by atoms with van der Waals surface area (Å²) in [4.78, 5) is 0. The van der Waals surface area contributed by atoms with Crippen molar-refractivity contribution in [3.05, 3.63) is 49.1 Å². The first-order chi connectivity index (χ1) is 9.74. The van der Waals surface area contributed by atoms with Crippen molar-refractivity contribution in [2.75, 3.05) is 11.5 Å². The molecule has 20 heavy (non-hydrogen) atoms. The quantitative estimate of drug-likeness (QED) is 0.595. The number of nitrogens with two attached hydrogens (primary N) is 2. The van der Waals surface area contributed by atoms with Gasteiger partial charge >= 0.3 is 0 Å². The Morgan fingerprint density at radius 1 is 0.600 bits per heavy atom. The van der Waals surface area contributed by atoms with Crippen LogP contribution in [-0.4, -0.2) is 0 Å². The summed E-state index contributed by atoms with van der Waals surface area (Å²) in [6.45, 7) is 2.13. The highest BCUT2D eigenvalue weighted by atomic mass is 14.9. The van der Waals surface area contributed by atoms with E-state index >= 15 is 0 Å². The second-order valence-electron chi connectivity index (χ2n) is 5.15. The highest BCUT2D eigenvalue weighted by Gasteiger charge is 2.01.